The van der Waals surface area contributed by atoms with Crippen molar-refractivity contribution >= 4 is 5.78 Å². The van der Waals surface area contributed by atoms with Gasteiger partial charge in [-0.05, 0) is 101 Å². The van der Waals surface area contributed by atoms with E-state index >= 15 is 0 Å². The van der Waals surface area contributed by atoms with E-state index in [9.17, 15) is 50.8 Å². The van der Waals surface area contributed by atoms with Crippen molar-refractivity contribution in [1.29, 1.82) is 0 Å². The van der Waals surface area contributed by atoms with Crippen LogP contribution < -0.4 is 0 Å². The van der Waals surface area contributed by atoms with E-state index in [1.54, 1.807) is 26.8 Å². The molecule has 1 saturated heterocycles. The maximum atomic E-state index is 13.4. The molecule has 5 aliphatic rings. The summed E-state index contributed by atoms with van der Waals surface area (Å²) in [4.78, 5) is 13.4. The highest BCUT2D eigenvalue weighted by atomic mass is 16.7. The molecule has 0 radical (unpaired) electrons. The molecule has 0 spiro atoms. The zero-order valence-corrected chi connectivity index (χ0v) is 27.0. The average molecular weight is 643 g/mol. The summed E-state index contributed by atoms with van der Waals surface area (Å²) in [6, 6.07) is 0. The van der Waals surface area contributed by atoms with E-state index < -0.39 is 95.1 Å². The molecule has 0 bridgehead atoms. The molecule has 12 heteroatoms. The molecule has 1 heterocycles. The first-order chi connectivity index (χ1) is 20.7. The molecule has 258 valence electrons. The second-order valence-corrected chi connectivity index (χ2v) is 16.0. The van der Waals surface area contributed by atoms with Crippen molar-refractivity contribution < 1.29 is 60.2 Å². The van der Waals surface area contributed by atoms with Crippen molar-refractivity contribution in [2.45, 2.75) is 152 Å². The molecule has 1 aliphatic heterocycles. The quantitative estimate of drug-likeness (QED) is 0.166. The van der Waals surface area contributed by atoms with Gasteiger partial charge in [0.25, 0.3) is 0 Å². The van der Waals surface area contributed by atoms with Gasteiger partial charge >= 0.3 is 0 Å². The summed E-state index contributed by atoms with van der Waals surface area (Å²) in [5.74, 6) is -1.26. The number of ether oxygens (including phenoxy) is 2. The van der Waals surface area contributed by atoms with Crippen LogP contribution in [-0.4, -0.2) is 124 Å². The van der Waals surface area contributed by atoms with Gasteiger partial charge < -0.3 is 55.4 Å². The van der Waals surface area contributed by atoms with Crippen LogP contribution in [0.15, 0.2) is 11.6 Å². The van der Waals surface area contributed by atoms with Crippen LogP contribution in [0.25, 0.3) is 0 Å². The van der Waals surface area contributed by atoms with E-state index in [0.29, 0.717) is 31.3 Å². The number of aliphatic hydroxyl groups excluding tert-OH is 7. The third-order valence-electron chi connectivity index (χ3n) is 12.8. The maximum Gasteiger partial charge on any atom is 0.187 e. The molecule has 0 aromatic rings. The molecule has 15 unspecified atom stereocenters. The van der Waals surface area contributed by atoms with Crippen LogP contribution in [0.4, 0.5) is 0 Å². The Kier molecular flexibility index (Phi) is 9.28. The summed E-state index contributed by atoms with van der Waals surface area (Å²) in [6.07, 6.45) is -6.04. The number of rotatable bonds is 8. The van der Waals surface area contributed by atoms with Crippen LogP contribution >= 0.6 is 0 Å². The molecular weight excluding hydrogens is 588 g/mol. The van der Waals surface area contributed by atoms with E-state index in [1.165, 1.54) is 0 Å². The Balaban J connectivity index is 1.30. The Hall–Kier alpha value is -1.03. The lowest BCUT2D eigenvalue weighted by atomic mass is 9.45. The Bertz CT molecular complexity index is 1150. The molecule has 5 rings (SSSR count). The molecule has 15 atom stereocenters. The summed E-state index contributed by atoms with van der Waals surface area (Å²) < 4.78 is 11.4. The molecular formula is C33H54O12. The Morgan fingerprint density at radius 2 is 1.67 bits per heavy atom. The van der Waals surface area contributed by atoms with E-state index in [-0.39, 0.29) is 37.4 Å². The lowest BCUT2D eigenvalue weighted by Gasteiger charge is -2.60. The van der Waals surface area contributed by atoms with Gasteiger partial charge in [0.05, 0.1) is 41.7 Å². The van der Waals surface area contributed by atoms with Crippen molar-refractivity contribution in [3.05, 3.63) is 11.6 Å². The SMILES string of the molecule is CC(C)(CCC(O)C(C)(O)C1CCC2(O)C3=CC(=O)C4CC(O)C(O)CC4(C)C3CCC12C)OC1OC(CO)C(O)C(O)C1O. The topological polar surface area (TPSA) is 218 Å². The van der Waals surface area contributed by atoms with Gasteiger partial charge in [-0.2, -0.15) is 0 Å². The van der Waals surface area contributed by atoms with Crippen LogP contribution in [0.1, 0.15) is 86.0 Å². The third-order valence-corrected chi connectivity index (χ3v) is 12.8. The van der Waals surface area contributed by atoms with Crippen molar-refractivity contribution in [2.24, 2.45) is 28.6 Å². The smallest absolute Gasteiger partial charge is 0.187 e. The summed E-state index contributed by atoms with van der Waals surface area (Å²) in [7, 11) is 0. The number of carbonyl (C=O) groups excluding carboxylic acids is 1. The molecule has 4 aliphatic carbocycles. The minimum absolute atomic E-state index is 0.0895. The number of carbonyl (C=O) groups is 1. The maximum absolute atomic E-state index is 13.4. The lowest BCUT2D eigenvalue weighted by Crippen LogP contribution is -2.63. The van der Waals surface area contributed by atoms with E-state index in [0.717, 1.165) is 0 Å². The fourth-order valence-electron chi connectivity index (χ4n) is 9.85. The zero-order valence-electron chi connectivity index (χ0n) is 27.0. The van der Waals surface area contributed by atoms with Gasteiger partial charge in [0, 0.05) is 11.3 Å². The standard InChI is InChI=1S/C33H54O12/c1-29(2,45-28-27(41)26(40)25(39)22(15-34)44-28)9-8-24(38)32(5,42)23-7-11-33(43)17-12-19(35)18-13-20(36)21(37)14-30(18,3)16(17)6-10-31(23,33)4/h12,16,18,20-28,34,36-43H,6-11,13-15H2,1-5H3. The van der Waals surface area contributed by atoms with Crippen molar-refractivity contribution in [1.82, 2.24) is 0 Å². The Morgan fingerprint density at radius 1 is 1.00 bits per heavy atom. The molecule has 0 amide bonds. The number of fused-ring (bicyclic) bond motifs is 5. The first-order valence-electron chi connectivity index (χ1n) is 16.5. The second kappa shape index (κ2) is 11.8. The molecule has 45 heavy (non-hydrogen) atoms. The first-order valence-corrected chi connectivity index (χ1v) is 16.5. The summed E-state index contributed by atoms with van der Waals surface area (Å²) in [5.41, 5.74) is -4.84. The minimum atomic E-state index is -1.62. The number of hydrogen-bond donors (Lipinski definition) is 9. The average Bonchev–Trinajstić information content (AvgIpc) is 3.25. The van der Waals surface area contributed by atoms with E-state index in [1.807, 2.05) is 13.8 Å². The van der Waals surface area contributed by atoms with Crippen LogP contribution in [0.3, 0.4) is 0 Å². The predicted molar refractivity (Wildman–Crippen MR) is 159 cm³/mol. The van der Waals surface area contributed by atoms with Crippen molar-refractivity contribution in [3.8, 4) is 0 Å². The van der Waals surface area contributed by atoms with Gasteiger partial charge in [-0.15, -0.1) is 0 Å². The summed E-state index contributed by atoms with van der Waals surface area (Å²) in [6.45, 7) is 8.30. The Morgan fingerprint density at radius 3 is 2.31 bits per heavy atom. The molecule has 4 fully saturated rings. The summed E-state index contributed by atoms with van der Waals surface area (Å²) in [5, 5.41) is 96.7. The Labute approximate surface area is 264 Å². The molecule has 0 aromatic heterocycles. The van der Waals surface area contributed by atoms with Gasteiger partial charge in [-0.3, -0.25) is 4.79 Å². The van der Waals surface area contributed by atoms with Crippen molar-refractivity contribution in [3.63, 3.8) is 0 Å². The fourth-order valence-corrected chi connectivity index (χ4v) is 9.85. The lowest BCUT2D eigenvalue weighted by molar-refractivity contribution is -0.324. The fraction of sp³-hybridized carbons (Fsp3) is 0.909. The highest BCUT2D eigenvalue weighted by molar-refractivity contribution is 5.95. The van der Waals surface area contributed by atoms with E-state index in [4.69, 9.17) is 9.47 Å². The van der Waals surface area contributed by atoms with Crippen LogP contribution in [0, 0.1) is 28.6 Å². The monoisotopic (exact) mass is 642 g/mol. The molecule has 9 N–H and O–H groups in total. The molecule has 3 saturated carbocycles. The minimum Gasteiger partial charge on any atom is -0.394 e. The normalized spacial score (nSPS) is 48.9. The summed E-state index contributed by atoms with van der Waals surface area (Å²) >= 11 is 0. The zero-order chi connectivity index (χ0) is 33.5. The third kappa shape index (κ3) is 5.55. The first kappa shape index (κ1) is 35.3. The largest absolute Gasteiger partial charge is 0.394 e. The number of allylic oxidation sites excluding steroid dienone is 1. The second-order valence-electron chi connectivity index (χ2n) is 16.0. The van der Waals surface area contributed by atoms with Gasteiger partial charge in [0.15, 0.2) is 12.1 Å². The number of aliphatic hydroxyl groups is 9. The van der Waals surface area contributed by atoms with Gasteiger partial charge in [-0.1, -0.05) is 13.8 Å². The van der Waals surface area contributed by atoms with Crippen LogP contribution in [0.2, 0.25) is 0 Å². The van der Waals surface area contributed by atoms with Crippen LogP contribution in [-0.2, 0) is 14.3 Å². The molecule has 0 aromatic carbocycles. The van der Waals surface area contributed by atoms with E-state index in [2.05, 4.69) is 0 Å². The predicted octanol–water partition coefficient (Wildman–Crippen LogP) is -0.322. The van der Waals surface area contributed by atoms with Gasteiger partial charge in [0.2, 0.25) is 0 Å². The highest BCUT2D eigenvalue weighted by Gasteiger charge is 2.69. The van der Waals surface area contributed by atoms with Gasteiger partial charge in [0.1, 0.15) is 24.4 Å². The number of hydrogen-bond acceptors (Lipinski definition) is 12. The van der Waals surface area contributed by atoms with Crippen LogP contribution in [0.5, 0.6) is 0 Å². The number of ketones is 1. The molecule has 12 nitrogen and oxygen atoms in total. The van der Waals surface area contributed by atoms with Gasteiger partial charge in [-0.25, -0.2) is 0 Å². The van der Waals surface area contributed by atoms with Crippen molar-refractivity contribution in [2.75, 3.05) is 6.61 Å². The highest BCUT2D eigenvalue weighted by Crippen LogP contribution is 2.68.